The fourth-order valence-corrected chi connectivity index (χ4v) is 0.708. The summed E-state index contributed by atoms with van der Waals surface area (Å²) in [5, 5.41) is 0. The Labute approximate surface area is 91.3 Å². The minimum absolute atomic E-state index is 0.102. The van der Waals surface area contributed by atoms with Crippen molar-refractivity contribution in [1.29, 1.82) is 0 Å². The number of carbonyl (C=O) groups excluding carboxylic acids is 1. The van der Waals surface area contributed by atoms with Gasteiger partial charge in [-0.2, -0.15) is 0 Å². The number of likely N-dealkylation sites (tertiary alicyclic amines) is 1. The highest BCUT2D eigenvalue weighted by atomic mass is 16.6. The minimum atomic E-state index is -3.05. The highest BCUT2D eigenvalue weighted by Crippen LogP contribution is 2.14. The van der Waals surface area contributed by atoms with E-state index in [1.54, 1.807) is 0 Å². The first-order valence-corrected chi connectivity index (χ1v) is 3.99. The van der Waals surface area contributed by atoms with Crippen molar-refractivity contribution in [2.24, 2.45) is 0 Å². The number of nitrogens with zero attached hydrogens (tertiary/aromatic N) is 1. The summed E-state index contributed by atoms with van der Waals surface area (Å²) in [6.45, 7) is -1.63. The summed E-state index contributed by atoms with van der Waals surface area (Å²) in [6.07, 6.45) is -7.98. The van der Waals surface area contributed by atoms with E-state index in [0.717, 1.165) is 0 Å². The van der Waals surface area contributed by atoms with Crippen LogP contribution in [-0.2, 0) is 4.74 Å². The topological polar surface area (TPSA) is 29.5 Å². The summed E-state index contributed by atoms with van der Waals surface area (Å²) in [4.78, 5) is 12.0. The minimum Gasteiger partial charge on any atom is -0.444 e. The fourth-order valence-electron chi connectivity index (χ4n) is 0.708. The largest absolute Gasteiger partial charge is 0.444 e. The van der Waals surface area contributed by atoms with Crippen molar-refractivity contribution in [2.75, 3.05) is 13.0 Å². The van der Waals surface area contributed by atoms with Gasteiger partial charge in [0.05, 0.1) is 0 Å². The second kappa shape index (κ2) is 3.99. The van der Waals surface area contributed by atoms with Crippen molar-refractivity contribution in [2.45, 2.75) is 45.5 Å². The van der Waals surface area contributed by atoms with Gasteiger partial charge in [-0.3, -0.25) is 0 Å². The van der Waals surface area contributed by atoms with Crippen LogP contribution in [0.5, 0.6) is 0 Å². The van der Waals surface area contributed by atoms with Crippen LogP contribution in [0.3, 0.4) is 0 Å². The molecular formula is C10H19NO2. The SMILES string of the molecule is [2H]C1([2H])CC([2H])([2H])C([2H])([2H])N(C(=O)OC(C)(C)C)C1([2H])[2H]. The zero-order valence-corrected chi connectivity index (χ0v) is 7.97. The van der Waals surface area contributed by atoms with Crippen LogP contribution in [-0.4, -0.2) is 29.6 Å². The van der Waals surface area contributed by atoms with E-state index < -0.39 is 43.9 Å². The van der Waals surface area contributed by atoms with E-state index >= 15 is 0 Å². The lowest BCUT2D eigenvalue weighted by molar-refractivity contribution is 0.0216. The molecule has 1 fully saturated rings. The van der Waals surface area contributed by atoms with Crippen LogP contribution in [0.25, 0.3) is 0 Å². The maximum absolute atomic E-state index is 12.1. The van der Waals surface area contributed by atoms with E-state index in [1.807, 2.05) is 0 Å². The predicted octanol–water partition coefficient (Wildman–Crippen LogP) is 2.41. The van der Waals surface area contributed by atoms with Crippen LogP contribution in [0.1, 0.15) is 50.9 Å². The van der Waals surface area contributed by atoms with Crippen LogP contribution in [0.2, 0.25) is 0 Å². The van der Waals surface area contributed by atoms with Crippen LogP contribution in [0.4, 0.5) is 4.79 Å². The summed E-state index contributed by atoms with van der Waals surface area (Å²) in [5.41, 5.74) is -1.06. The van der Waals surface area contributed by atoms with E-state index in [9.17, 15) is 4.79 Å². The maximum Gasteiger partial charge on any atom is 0.410 e. The molecule has 0 atom stereocenters. The van der Waals surface area contributed by atoms with Gasteiger partial charge < -0.3 is 9.64 Å². The lowest BCUT2D eigenvalue weighted by Crippen LogP contribution is -2.39. The molecule has 3 heteroatoms. The molecule has 1 heterocycles. The first-order chi connectivity index (χ1) is 8.96. The molecule has 0 radical (unpaired) electrons. The highest BCUT2D eigenvalue weighted by Gasteiger charge is 2.22. The first kappa shape index (κ1) is 3.79. The monoisotopic (exact) mass is 193 g/mol. The van der Waals surface area contributed by atoms with Gasteiger partial charge in [0.2, 0.25) is 0 Å². The van der Waals surface area contributed by atoms with Gasteiger partial charge in [-0.15, -0.1) is 0 Å². The Morgan fingerprint density at radius 1 is 1.38 bits per heavy atom. The Kier molecular flexibility index (Phi) is 1.16. The number of rotatable bonds is 0. The second-order valence-electron chi connectivity index (χ2n) is 3.57. The molecule has 1 amide bonds. The summed E-state index contributed by atoms with van der Waals surface area (Å²) in [5.74, 6) is 0. The van der Waals surface area contributed by atoms with Crippen molar-refractivity contribution in [1.82, 2.24) is 4.90 Å². The third-order valence-corrected chi connectivity index (χ3v) is 1.13. The van der Waals surface area contributed by atoms with Crippen molar-refractivity contribution in [3.8, 4) is 0 Å². The molecule has 1 aliphatic rings. The molecular weight excluding hydrogens is 166 g/mol. The second-order valence-corrected chi connectivity index (χ2v) is 3.57. The summed E-state index contributed by atoms with van der Waals surface area (Å²) in [6, 6.07) is 0. The summed E-state index contributed by atoms with van der Waals surface area (Å²) >= 11 is 0. The van der Waals surface area contributed by atoms with Gasteiger partial charge in [0.1, 0.15) is 5.60 Å². The van der Waals surface area contributed by atoms with Crippen LogP contribution in [0, 0.1) is 0 Å². The Hall–Kier alpha value is -0.730. The number of amides is 1. The predicted molar refractivity (Wildman–Crippen MR) is 51.7 cm³/mol. The van der Waals surface area contributed by atoms with Crippen molar-refractivity contribution in [3.05, 3.63) is 0 Å². The van der Waals surface area contributed by atoms with E-state index in [0.29, 0.717) is 0 Å². The molecule has 0 saturated carbocycles. The molecule has 0 aromatic carbocycles. The molecule has 0 spiro atoms. The number of carbonyl (C=O) groups is 1. The first-order valence-electron chi connectivity index (χ1n) is 7.99. The van der Waals surface area contributed by atoms with Crippen LogP contribution >= 0.6 is 0 Å². The van der Waals surface area contributed by atoms with E-state index in [1.165, 1.54) is 20.8 Å². The zero-order chi connectivity index (χ0) is 17.1. The number of hydrogen-bond donors (Lipinski definition) is 0. The molecule has 1 saturated heterocycles. The Bertz CT molecular complexity index is 417. The zero-order valence-electron chi connectivity index (χ0n) is 16.0. The normalized spacial score (nSPS) is 43.2. The smallest absolute Gasteiger partial charge is 0.410 e. The van der Waals surface area contributed by atoms with Crippen LogP contribution in [0.15, 0.2) is 0 Å². The van der Waals surface area contributed by atoms with Crippen molar-refractivity contribution >= 4 is 6.09 Å². The molecule has 76 valence electrons. The maximum atomic E-state index is 12.1. The molecule has 3 nitrogen and oxygen atoms in total. The van der Waals surface area contributed by atoms with Crippen molar-refractivity contribution in [3.63, 3.8) is 0 Å². The third-order valence-electron chi connectivity index (χ3n) is 1.13. The molecule has 1 aliphatic heterocycles. The quantitative estimate of drug-likeness (QED) is 0.591. The van der Waals surface area contributed by atoms with Gasteiger partial charge in [0, 0.05) is 24.0 Å². The molecule has 13 heavy (non-hydrogen) atoms. The van der Waals surface area contributed by atoms with Gasteiger partial charge in [0.25, 0.3) is 0 Å². The van der Waals surface area contributed by atoms with E-state index in [2.05, 4.69) is 0 Å². The molecule has 0 bridgehead atoms. The average Bonchev–Trinajstić information content (AvgIpc) is 2.08. The highest BCUT2D eigenvalue weighted by molar-refractivity contribution is 5.68. The molecule has 0 N–H and O–H groups in total. The standard InChI is InChI=1S/C10H19NO2/c1-10(2,3)13-9(12)11-7-5-4-6-8-11/h4-8H2,1-3H3/i5D2,6D2,7D2,8D2. The van der Waals surface area contributed by atoms with E-state index in [-0.39, 0.29) is 4.90 Å². The number of hydrogen-bond acceptors (Lipinski definition) is 2. The summed E-state index contributed by atoms with van der Waals surface area (Å²) in [7, 11) is 0. The van der Waals surface area contributed by atoms with Gasteiger partial charge in [-0.05, 0) is 39.9 Å². The van der Waals surface area contributed by atoms with Gasteiger partial charge in [-0.25, -0.2) is 4.79 Å². The molecule has 0 aromatic rings. The van der Waals surface area contributed by atoms with Gasteiger partial charge in [0.15, 0.2) is 0 Å². The molecule has 0 aliphatic carbocycles. The Morgan fingerprint density at radius 3 is 2.38 bits per heavy atom. The number of ether oxygens (including phenoxy) is 1. The Morgan fingerprint density at radius 2 is 1.92 bits per heavy atom. The molecule has 0 unspecified atom stereocenters. The summed E-state index contributed by atoms with van der Waals surface area (Å²) < 4.78 is 66.6. The lowest BCUT2D eigenvalue weighted by atomic mass is 10.1. The lowest BCUT2D eigenvalue weighted by Gasteiger charge is -2.29. The van der Waals surface area contributed by atoms with E-state index in [4.69, 9.17) is 15.7 Å². The average molecular weight is 193 g/mol. The molecule has 1 rings (SSSR count). The van der Waals surface area contributed by atoms with Crippen LogP contribution < -0.4 is 0 Å². The molecule has 0 aromatic heterocycles. The van der Waals surface area contributed by atoms with Gasteiger partial charge >= 0.3 is 6.09 Å². The fraction of sp³-hybridized carbons (Fsp3) is 0.900. The van der Waals surface area contributed by atoms with Crippen molar-refractivity contribution < 1.29 is 20.5 Å². The Balaban J connectivity index is 3.37. The van der Waals surface area contributed by atoms with Gasteiger partial charge in [-0.1, -0.05) is 0 Å². The number of piperidine rings is 1. The third kappa shape index (κ3) is 3.66.